The summed E-state index contributed by atoms with van der Waals surface area (Å²) in [5.74, 6) is 0.155. The van der Waals surface area contributed by atoms with E-state index in [1.54, 1.807) is 48.7 Å². The maximum atomic E-state index is 13.1. The Bertz CT molecular complexity index is 1340. The van der Waals surface area contributed by atoms with Gasteiger partial charge in [0.15, 0.2) is 0 Å². The summed E-state index contributed by atoms with van der Waals surface area (Å²) in [6.07, 6.45) is 2.79. The molecule has 0 unspecified atom stereocenters. The standard InChI is InChI=1S/C23H18ClN3O4/c1-30-22(28)13-26-19-7-6-17(10-15(19)12-25)27-9-8-20-18(23(27)29)11-21(31-20)14-2-4-16(24)5-3-14/h2-12,25-26H,13H2,1H3. The van der Waals surface area contributed by atoms with Crippen LogP contribution in [0.25, 0.3) is 28.0 Å². The molecule has 0 aliphatic heterocycles. The second-order valence-electron chi connectivity index (χ2n) is 6.73. The summed E-state index contributed by atoms with van der Waals surface area (Å²) in [6.45, 7) is -0.0227. The zero-order chi connectivity index (χ0) is 22.0. The fraction of sp³-hybridized carbons (Fsp3) is 0.0870. The molecular formula is C23H18ClN3O4. The lowest BCUT2D eigenvalue weighted by Gasteiger charge is -2.11. The molecule has 0 fully saturated rings. The van der Waals surface area contributed by atoms with E-state index in [2.05, 4.69) is 10.1 Å². The number of pyridine rings is 1. The van der Waals surface area contributed by atoms with Gasteiger partial charge < -0.3 is 19.9 Å². The van der Waals surface area contributed by atoms with E-state index in [4.69, 9.17) is 21.4 Å². The fourth-order valence-corrected chi connectivity index (χ4v) is 3.34. The molecule has 0 atom stereocenters. The van der Waals surface area contributed by atoms with Crippen molar-refractivity contribution in [2.75, 3.05) is 19.0 Å². The zero-order valence-corrected chi connectivity index (χ0v) is 17.3. The van der Waals surface area contributed by atoms with Crippen molar-refractivity contribution in [3.8, 4) is 17.0 Å². The smallest absolute Gasteiger partial charge is 0.325 e. The van der Waals surface area contributed by atoms with Crippen LogP contribution in [0, 0.1) is 5.41 Å². The second-order valence-corrected chi connectivity index (χ2v) is 7.17. The maximum absolute atomic E-state index is 13.1. The van der Waals surface area contributed by atoms with E-state index in [9.17, 15) is 9.59 Å². The molecule has 0 amide bonds. The molecule has 8 heteroatoms. The van der Waals surface area contributed by atoms with E-state index in [1.165, 1.54) is 11.7 Å². The summed E-state index contributed by atoms with van der Waals surface area (Å²) in [6, 6.07) is 15.8. The minimum absolute atomic E-state index is 0.0227. The van der Waals surface area contributed by atoms with Gasteiger partial charge in [0.1, 0.15) is 17.9 Å². The van der Waals surface area contributed by atoms with Crippen molar-refractivity contribution in [3.63, 3.8) is 0 Å². The summed E-state index contributed by atoms with van der Waals surface area (Å²) < 4.78 is 12.0. The number of hydrogen-bond donors (Lipinski definition) is 2. The van der Waals surface area contributed by atoms with Gasteiger partial charge in [-0.2, -0.15) is 0 Å². The van der Waals surface area contributed by atoms with Crippen molar-refractivity contribution < 1.29 is 13.9 Å². The van der Waals surface area contributed by atoms with Gasteiger partial charge in [0.05, 0.1) is 12.5 Å². The molecule has 0 saturated carbocycles. The number of benzene rings is 2. The highest BCUT2D eigenvalue weighted by Gasteiger charge is 2.13. The van der Waals surface area contributed by atoms with E-state index in [0.29, 0.717) is 38.7 Å². The average molecular weight is 436 g/mol. The molecule has 2 N–H and O–H groups in total. The van der Waals surface area contributed by atoms with Gasteiger partial charge in [0, 0.05) is 39.9 Å². The van der Waals surface area contributed by atoms with Crippen molar-refractivity contribution in [3.05, 3.63) is 81.7 Å². The van der Waals surface area contributed by atoms with Crippen molar-refractivity contribution in [2.45, 2.75) is 0 Å². The number of carbonyl (C=O) groups excluding carboxylic acids is 1. The molecule has 2 aromatic heterocycles. The van der Waals surface area contributed by atoms with Gasteiger partial charge in [0.25, 0.3) is 5.56 Å². The van der Waals surface area contributed by atoms with Gasteiger partial charge >= 0.3 is 5.97 Å². The number of anilines is 1. The number of halogens is 1. The molecule has 2 heterocycles. The van der Waals surface area contributed by atoms with Crippen LogP contribution >= 0.6 is 11.6 Å². The number of nitrogens with zero attached hydrogens (tertiary/aromatic N) is 1. The van der Waals surface area contributed by atoms with Gasteiger partial charge in [-0.25, -0.2) is 0 Å². The third-order valence-electron chi connectivity index (χ3n) is 4.83. The van der Waals surface area contributed by atoms with Gasteiger partial charge in [0.2, 0.25) is 0 Å². The van der Waals surface area contributed by atoms with Gasteiger partial charge in [-0.3, -0.25) is 14.2 Å². The predicted molar refractivity (Wildman–Crippen MR) is 121 cm³/mol. The Morgan fingerprint density at radius 3 is 2.68 bits per heavy atom. The Morgan fingerprint density at radius 2 is 1.97 bits per heavy atom. The topological polar surface area (TPSA) is 97.3 Å². The summed E-state index contributed by atoms with van der Waals surface area (Å²) in [5, 5.41) is 11.7. The van der Waals surface area contributed by atoms with Crippen LogP contribution in [0.1, 0.15) is 5.56 Å². The Hall–Kier alpha value is -3.84. The number of methoxy groups -OCH3 is 1. The normalized spacial score (nSPS) is 10.8. The molecule has 0 aliphatic rings. The molecular weight excluding hydrogens is 418 g/mol. The second kappa shape index (κ2) is 8.49. The number of furan rings is 1. The SMILES string of the molecule is COC(=O)CNc1ccc(-n2ccc3oc(-c4ccc(Cl)cc4)cc3c2=O)cc1C=N. The zero-order valence-electron chi connectivity index (χ0n) is 16.5. The first kappa shape index (κ1) is 20.4. The van der Waals surface area contributed by atoms with E-state index in [1.807, 2.05) is 12.1 Å². The number of esters is 1. The van der Waals surface area contributed by atoms with E-state index in [0.717, 1.165) is 11.8 Å². The third kappa shape index (κ3) is 4.08. The molecule has 0 radical (unpaired) electrons. The molecule has 7 nitrogen and oxygen atoms in total. The van der Waals surface area contributed by atoms with Crippen LogP contribution in [-0.2, 0) is 9.53 Å². The average Bonchev–Trinajstić information content (AvgIpc) is 3.23. The van der Waals surface area contributed by atoms with Crippen LogP contribution in [0.2, 0.25) is 5.02 Å². The summed E-state index contributed by atoms with van der Waals surface area (Å²) in [5.41, 5.74) is 2.76. The Balaban J connectivity index is 1.71. The lowest BCUT2D eigenvalue weighted by atomic mass is 10.1. The highest BCUT2D eigenvalue weighted by molar-refractivity contribution is 6.30. The highest BCUT2D eigenvalue weighted by atomic mass is 35.5. The van der Waals surface area contributed by atoms with Crippen LogP contribution in [0.3, 0.4) is 0 Å². The molecule has 4 aromatic rings. The van der Waals surface area contributed by atoms with Crippen LogP contribution in [-0.4, -0.2) is 30.4 Å². The molecule has 156 valence electrons. The van der Waals surface area contributed by atoms with Crippen LogP contribution in [0.15, 0.2) is 70.0 Å². The minimum Gasteiger partial charge on any atom is -0.468 e. The Morgan fingerprint density at radius 1 is 1.19 bits per heavy atom. The van der Waals surface area contributed by atoms with E-state index >= 15 is 0 Å². The fourth-order valence-electron chi connectivity index (χ4n) is 3.22. The molecule has 2 aromatic carbocycles. The first-order valence-electron chi connectivity index (χ1n) is 9.37. The van der Waals surface area contributed by atoms with E-state index < -0.39 is 5.97 Å². The number of fused-ring (bicyclic) bond motifs is 1. The predicted octanol–water partition coefficient (Wildman–Crippen LogP) is 4.49. The molecule has 4 rings (SSSR count). The third-order valence-corrected chi connectivity index (χ3v) is 5.09. The first-order valence-corrected chi connectivity index (χ1v) is 9.74. The molecule has 0 bridgehead atoms. The molecule has 0 spiro atoms. The molecule has 0 saturated heterocycles. The number of aromatic nitrogens is 1. The lowest BCUT2D eigenvalue weighted by molar-refractivity contribution is -0.138. The van der Waals surface area contributed by atoms with Gasteiger partial charge in [-0.1, -0.05) is 11.6 Å². The quantitative estimate of drug-likeness (QED) is 0.343. The highest BCUT2D eigenvalue weighted by Crippen LogP contribution is 2.27. The summed E-state index contributed by atoms with van der Waals surface area (Å²) in [7, 11) is 1.31. The van der Waals surface area contributed by atoms with Gasteiger partial charge in [-0.05, 0) is 54.6 Å². The van der Waals surface area contributed by atoms with Crippen LogP contribution in [0.5, 0.6) is 0 Å². The number of carbonyl (C=O) groups is 1. The lowest BCUT2D eigenvalue weighted by Crippen LogP contribution is -2.18. The summed E-state index contributed by atoms with van der Waals surface area (Å²) in [4.78, 5) is 24.5. The van der Waals surface area contributed by atoms with Crippen molar-refractivity contribution in [1.29, 1.82) is 5.41 Å². The molecule has 31 heavy (non-hydrogen) atoms. The number of ether oxygens (including phenoxy) is 1. The maximum Gasteiger partial charge on any atom is 0.325 e. The minimum atomic E-state index is -0.418. The van der Waals surface area contributed by atoms with Crippen molar-refractivity contribution in [2.24, 2.45) is 0 Å². The Labute approximate surface area is 182 Å². The van der Waals surface area contributed by atoms with E-state index in [-0.39, 0.29) is 12.1 Å². The monoisotopic (exact) mass is 435 g/mol. The van der Waals surface area contributed by atoms with Crippen LogP contribution in [0.4, 0.5) is 5.69 Å². The van der Waals surface area contributed by atoms with Crippen molar-refractivity contribution >= 4 is 40.4 Å². The summed E-state index contributed by atoms with van der Waals surface area (Å²) >= 11 is 5.94. The number of rotatable bonds is 6. The Kier molecular flexibility index (Phi) is 5.60. The largest absolute Gasteiger partial charge is 0.468 e. The first-order chi connectivity index (χ1) is 15.0. The number of hydrogen-bond acceptors (Lipinski definition) is 6. The number of nitrogens with one attached hydrogen (secondary N) is 2. The molecule has 0 aliphatic carbocycles. The van der Waals surface area contributed by atoms with Crippen LogP contribution < -0.4 is 10.9 Å². The van der Waals surface area contributed by atoms with Gasteiger partial charge in [-0.15, -0.1) is 0 Å². The van der Waals surface area contributed by atoms with Crippen molar-refractivity contribution in [1.82, 2.24) is 4.57 Å².